The van der Waals surface area contributed by atoms with Crippen molar-refractivity contribution >= 4 is 6.03 Å². The lowest BCUT2D eigenvalue weighted by atomic mass is 9.98. The van der Waals surface area contributed by atoms with Crippen molar-refractivity contribution in [1.29, 1.82) is 0 Å². The minimum atomic E-state index is -0.846. The fraction of sp³-hybridized carbons (Fsp3) is 0.474. The van der Waals surface area contributed by atoms with E-state index in [1.165, 1.54) is 0 Å². The van der Waals surface area contributed by atoms with Crippen molar-refractivity contribution in [2.24, 2.45) is 0 Å². The first kappa shape index (κ1) is 19.0. The van der Waals surface area contributed by atoms with E-state index in [1.807, 2.05) is 62.7 Å². The van der Waals surface area contributed by atoms with Crippen molar-refractivity contribution in [3.05, 3.63) is 47.3 Å². The Bertz CT molecular complexity index is 706. The van der Waals surface area contributed by atoms with Gasteiger partial charge in [-0.2, -0.15) is 5.10 Å². The van der Waals surface area contributed by atoms with Gasteiger partial charge < -0.3 is 15.7 Å². The molecule has 0 unspecified atom stereocenters. The predicted molar refractivity (Wildman–Crippen MR) is 98.8 cm³/mol. The van der Waals surface area contributed by atoms with Crippen LogP contribution in [0.5, 0.6) is 0 Å². The van der Waals surface area contributed by atoms with E-state index in [2.05, 4.69) is 15.7 Å². The van der Waals surface area contributed by atoms with Gasteiger partial charge in [-0.15, -0.1) is 0 Å². The Morgan fingerprint density at radius 2 is 1.80 bits per heavy atom. The molecule has 1 aromatic carbocycles. The summed E-state index contributed by atoms with van der Waals surface area (Å²) in [5, 5.41) is 20.4. The van der Waals surface area contributed by atoms with Crippen molar-refractivity contribution < 1.29 is 9.90 Å². The number of rotatable bonds is 7. The number of carbonyl (C=O) groups is 1. The van der Waals surface area contributed by atoms with Crippen molar-refractivity contribution in [2.45, 2.75) is 52.7 Å². The van der Waals surface area contributed by atoms with Crippen LogP contribution < -0.4 is 10.6 Å². The molecule has 6 heteroatoms. The molecule has 2 amide bonds. The first-order valence-corrected chi connectivity index (χ1v) is 8.74. The fourth-order valence-corrected chi connectivity index (χ4v) is 2.73. The van der Waals surface area contributed by atoms with Crippen molar-refractivity contribution in [3.63, 3.8) is 0 Å². The van der Waals surface area contributed by atoms with E-state index in [0.717, 1.165) is 22.6 Å². The Hall–Kier alpha value is -2.34. The van der Waals surface area contributed by atoms with E-state index < -0.39 is 5.60 Å². The lowest BCUT2D eigenvalue weighted by Crippen LogP contribution is -2.45. The van der Waals surface area contributed by atoms with Crippen LogP contribution in [0.15, 0.2) is 30.3 Å². The lowest BCUT2D eigenvalue weighted by molar-refractivity contribution is 0.0349. The van der Waals surface area contributed by atoms with Gasteiger partial charge in [0.1, 0.15) is 0 Å². The number of hydrogen-bond acceptors (Lipinski definition) is 3. The highest BCUT2D eigenvalue weighted by Gasteiger charge is 2.22. The summed E-state index contributed by atoms with van der Waals surface area (Å²) in [4.78, 5) is 12.0. The maximum atomic E-state index is 12.0. The number of urea groups is 1. The van der Waals surface area contributed by atoms with Crippen LogP contribution in [0.25, 0.3) is 5.69 Å². The van der Waals surface area contributed by atoms with E-state index in [1.54, 1.807) is 0 Å². The number of para-hydroxylation sites is 1. The van der Waals surface area contributed by atoms with Gasteiger partial charge in [-0.05, 0) is 38.8 Å². The number of amides is 2. The molecular formula is C19H28N4O2. The second-order valence-electron chi connectivity index (χ2n) is 6.36. The van der Waals surface area contributed by atoms with Crippen molar-refractivity contribution in [1.82, 2.24) is 20.4 Å². The molecule has 3 N–H and O–H groups in total. The minimum Gasteiger partial charge on any atom is -0.388 e. The van der Waals surface area contributed by atoms with E-state index in [9.17, 15) is 9.90 Å². The van der Waals surface area contributed by atoms with Gasteiger partial charge in [-0.1, -0.05) is 32.0 Å². The Kier molecular flexibility index (Phi) is 6.20. The molecule has 0 aliphatic rings. The zero-order valence-electron chi connectivity index (χ0n) is 15.5. The molecule has 2 aromatic rings. The van der Waals surface area contributed by atoms with Crippen LogP contribution in [0.1, 0.15) is 43.6 Å². The van der Waals surface area contributed by atoms with Crippen molar-refractivity contribution in [3.8, 4) is 5.69 Å². The largest absolute Gasteiger partial charge is 0.388 e. The van der Waals surface area contributed by atoms with Gasteiger partial charge in [0.25, 0.3) is 0 Å². The Morgan fingerprint density at radius 1 is 1.16 bits per heavy atom. The van der Waals surface area contributed by atoms with Crippen LogP contribution in [-0.2, 0) is 6.54 Å². The average Bonchev–Trinajstić information content (AvgIpc) is 2.92. The Balaban J connectivity index is 2.00. The monoisotopic (exact) mass is 344 g/mol. The van der Waals surface area contributed by atoms with Crippen LogP contribution in [0.3, 0.4) is 0 Å². The van der Waals surface area contributed by atoms with Crippen LogP contribution in [0.4, 0.5) is 4.79 Å². The standard InChI is InChI=1S/C19H28N4O2/c1-5-19(25,6-2)13-21-18(24)20-12-17-14(3)22-23(15(17)4)16-10-8-7-9-11-16/h7-11,25H,5-6,12-13H2,1-4H3,(H2,20,21,24). The molecular weight excluding hydrogens is 316 g/mol. The Morgan fingerprint density at radius 3 is 2.40 bits per heavy atom. The second-order valence-corrected chi connectivity index (χ2v) is 6.36. The summed E-state index contributed by atoms with van der Waals surface area (Å²) < 4.78 is 1.89. The highest BCUT2D eigenvalue weighted by Crippen LogP contribution is 2.17. The number of aliphatic hydroxyl groups is 1. The van der Waals surface area contributed by atoms with Crippen LogP contribution in [-0.4, -0.2) is 33.1 Å². The normalized spacial score (nSPS) is 11.4. The molecule has 136 valence electrons. The fourth-order valence-electron chi connectivity index (χ4n) is 2.73. The summed E-state index contributed by atoms with van der Waals surface area (Å²) in [5.74, 6) is 0. The van der Waals surface area contributed by atoms with Gasteiger partial charge in [0.2, 0.25) is 0 Å². The van der Waals surface area contributed by atoms with Gasteiger partial charge in [0.05, 0.1) is 17.0 Å². The molecule has 2 rings (SSSR count). The maximum absolute atomic E-state index is 12.0. The number of nitrogens with zero attached hydrogens (tertiary/aromatic N) is 2. The summed E-state index contributed by atoms with van der Waals surface area (Å²) in [6, 6.07) is 9.63. The van der Waals surface area contributed by atoms with Gasteiger partial charge in [0, 0.05) is 24.3 Å². The minimum absolute atomic E-state index is 0.243. The van der Waals surface area contributed by atoms with E-state index >= 15 is 0 Å². The highest BCUT2D eigenvalue weighted by atomic mass is 16.3. The molecule has 0 spiro atoms. The van der Waals surface area contributed by atoms with Gasteiger partial charge in [-0.3, -0.25) is 0 Å². The zero-order chi connectivity index (χ0) is 18.4. The van der Waals surface area contributed by atoms with Gasteiger partial charge >= 0.3 is 6.03 Å². The molecule has 1 aromatic heterocycles. The first-order chi connectivity index (χ1) is 11.9. The second kappa shape index (κ2) is 8.16. The number of hydrogen-bond donors (Lipinski definition) is 3. The lowest BCUT2D eigenvalue weighted by Gasteiger charge is -2.25. The number of carbonyl (C=O) groups excluding carboxylic acids is 1. The zero-order valence-corrected chi connectivity index (χ0v) is 15.5. The van der Waals surface area contributed by atoms with Crippen LogP contribution >= 0.6 is 0 Å². The molecule has 0 fully saturated rings. The molecule has 0 aliphatic heterocycles. The van der Waals surface area contributed by atoms with Crippen LogP contribution in [0, 0.1) is 13.8 Å². The van der Waals surface area contributed by atoms with E-state index in [0.29, 0.717) is 19.4 Å². The third kappa shape index (κ3) is 4.60. The molecule has 1 heterocycles. The highest BCUT2D eigenvalue weighted by molar-refractivity contribution is 5.74. The first-order valence-electron chi connectivity index (χ1n) is 8.74. The summed E-state index contributed by atoms with van der Waals surface area (Å²) in [7, 11) is 0. The molecule has 0 saturated heterocycles. The third-order valence-corrected chi connectivity index (χ3v) is 4.76. The summed E-state index contributed by atoms with van der Waals surface area (Å²) in [6.45, 7) is 8.39. The SMILES string of the molecule is CCC(O)(CC)CNC(=O)NCc1c(C)nn(-c2ccccc2)c1C. The van der Waals surface area contributed by atoms with Crippen molar-refractivity contribution in [2.75, 3.05) is 6.54 Å². The maximum Gasteiger partial charge on any atom is 0.315 e. The topological polar surface area (TPSA) is 79.2 Å². The van der Waals surface area contributed by atoms with Crippen LogP contribution in [0.2, 0.25) is 0 Å². The molecule has 25 heavy (non-hydrogen) atoms. The smallest absolute Gasteiger partial charge is 0.315 e. The molecule has 0 atom stereocenters. The average molecular weight is 344 g/mol. The van der Waals surface area contributed by atoms with Gasteiger partial charge in [-0.25, -0.2) is 9.48 Å². The molecule has 0 aliphatic carbocycles. The molecule has 6 nitrogen and oxygen atoms in total. The molecule has 0 bridgehead atoms. The van der Waals surface area contributed by atoms with Gasteiger partial charge in [0.15, 0.2) is 0 Å². The number of aryl methyl sites for hydroxylation is 1. The summed E-state index contributed by atoms with van der Waals surface area (Å²) >= 11 is 0. The molecule has 0 radical (unpaired) electrons. The number of aromatic nitrogens is 2. The third-order valence-electron chi connectivity index (χ3n) is 4.76. The summed E-state index contributed by atoms with van der Waals surface area (Å²) in [5.41, 5.74) is 3.04. The predicted octanol–water partition coefficient (Wildman–Crippen LogP) is 2.84. The molecule has 0 saturated carbocycles. The van der Waals surface area contributed by atoms with E-state index in [-0.39, 0.29) is 12.6 Å². The summed E-state index contributed by atoms with van der Waals surface area (Å²) in [6.07, 6.45) is 1.21. The Labute approximate surface area is 149 Å². The number of nitrogens with one attached hydrogen (secondary N) is 2. The quantitative estimate of drug-likeness (QED) is 0.722. The van der Waals surface area contributed by atoms with E-state index in [4.69, 9.17) is 0 Å². The number of benzene rings is 1.